The number of aromatic nitrogens is 1. The van der Waals surface area contributed by atoms with Crippen LogP contribution in [0.5, 0.6) is 0 Å². The largest absolute Gasteiger partial charge is 0.359 e. The van der Waals surface area contributed by atoms with Crippen LogP contribution in [0.2, 0.25) is 0 Å². The van der Waals surface area contributed by atoms with Gasteiger partial charge >= 0.3 is 0 Å². The van der Waals surface area contributed by atoms with Gasteiger partial charge in [0.05, 0.1) is 6.04 Å². The summed E-state index contributed by atoms with van der Waals surface area (Å²) < 4.78 is 5.17. The standard InChI is InChI=1S/C10H14N2O2/c1-7(13)8-6-10(14-11-8)9-4-3-5-12(9)2/h6,9H,3-5H2,1-2H3. The second-order valence-electron chi connectivity index (χ2n) is 3.81. The number of Topliss-reactive ketones (excluding diaryl/α,β-unsaturated/α-hetero) is 1. The molecule has 0 spiro atoms. The highest BCUT2D eigenvalue weighted by Crippen LogP contribution is 2.30. The van der Waals surface area contributed by atoms with Crippen molar-refractivity contribution in [1.82, 2.24) is 10.1 Å². The highest BCUT2D eigenvalue weighted by atomic mass is 16.5. The predicted molar refractivity (Wildman–Crippen MR) is 51.1 cm³/mol. The Labute approximate surface area is 82.9 Å². The lowest BCUT2D eigenvalue weighted by Gasteiger charge is -2.15. The third-order valence-electron chi connectivity index (χ3n) is 2.74. The highest BCUT2D eigenvalue weighted by Gasteiger charge is 2.26. The van der Waals surface area contributed by atoms with Gasteiger partial charge in [-0.1, -0.05) is 5.16 Å². The van der Waals surface area contributed by atoms with Crippen LogP contribution in [0.1, 0.15) is 42.1 Å². The minimum absolute atomic E-state index is 0.0411. The number of likely N-dealkylation sites (tertiary alicyclic amines) is 1. The molecule has 1 saturated heterocycles. The van der Waals surface area contributed by atoms with E-state index in [9.17, 15) is 4.79 Å². The van der Waals surface area contributed by atoms with Crippen molar-refractivity contribution in [2.75, 3.05) is 13.6 Å². The third-order valence-corrected chi connectivity index (χ3v) is 2.74. The SMILES string of the molecule is CC(=O)c1cc(C2CCCN2C)on1. The van der Waals surface area contributed by atoms with E-state index in [1.807, 2.05) is 0 Å². The van der Waals surface area contributed by atoms with Crippen molar-refractivity contribution in [1.29, 1.82) is 0 Å². The Morgan fingerprint density at radius 1 is 1.71 bits per heavy atom. The second kappa shape index (κ2) is 3.53. The summed E-state index contributed by atoms with van der Waals surface area (Å²) in [5.41, 5.74) is 0.431. The lowest BCUT2D eigenvalue weighted by molar-refractivity contribution is 0.100. The van der Waals surface area contributed by atoms with E-state index in [0.717, 1.165) is 18.7 Å². The van der Waals surface area contributed by atoms with Gasteiger partial charge in [-0.2, -0.15) is 0 Å². The van der Waals surface area contributed by atoms with E-state index < -0.39 is 0 Å². The van der Waals surface area contributed by atoms with Gasteiger partial charge in [-0.05, 0) is 26.4 Å². The third kappa shape index (κ3) is 1.57. The van der Waals surface area contributed by atoms with Crippen LogP contribution in [0.3, 0.4) is 0 Å². The van der Waals surface area contributed by atoms with Gasteiger partial charge in [0.15, 0.2) is 11.5 Å². The van der Waals surface area contributed by atoms with Crippen LogP contribution in [0, 0.1) is 0 Å². The van der Waals surface area contributed by atoms with Gasteiger partial charge in [-0.25, -0.2) is 0 Å². The minimum atomic E-state index is -0.0411. The average molecular weight is 194 g/mol. The number of rotatable bonds is 2. The number of hydrogen-bond donors (Lipinski definition) is 0. The first kappa shape index (κ1) is 9.40. The van der Waals surface area contributed by atoms with Gasteiger partial charge in [0.25, 0.3) is 0 Å². The maximum absolute atomic E-state index is 11.0. The molecule has 0 aliphatic carbocycles. The maximum atomic E-state index is 11.0. The number of nitrogens with zero attached hydrogens (tertiary/aromatic N) is 2. The Bertz CT molecular complexity index is 346. The van der Waals surface area contributed by atoms with E-state index in [1.54, 1.807) is 6.07 Å². The summed E-state index contributed by atoms with van der Waals surface area (Å²) in [5, 5.41) is 3.74. The van der Waals surface area contributed by atoms with Crippen molar-refractivity contribution in [3.05, 3.63) is 17.5 Å². The molecule has 1 atom stereocenters. The normalized spacial score (nSPS) is 22.9. The van der Waals surface area contributed by atoms with Gasteiger partial charge < -0.3 is 4.52 Å². The molecule has 0 N–H and O–H groups in total. The molecule has 1 unspecified atom stereocenters. The van der Waals surface area contributed by atoms with Gasteiger partial charge in [0.1, 0.15) is 5.69 Å². The molecule has 0 bridgehead atoms. The molecule has 1 aliphatic rings. The van der Waals surface area contributed by atoms with Gasteiger partial charge in [0, 0.05) is 13.0 Å². The highest BCUT2D eigenvalue weighted by molar-refractivity contribution is 5.91. The lowest BCUT2D eigenvalue weighted by Crippen LogP contribution is -2.16. The molecule has 1 aromatic rings. The Hall–Kier alpha value is -1.16. The zero-order valence-electron chi connectivity index (χ0n) is 8.49. The Balaban J connectivity index is 2.20. The summed E-state index contributed by atoms with van der Waals surface area (Å²) in [6, 6.07) is 2.06. The van der Waals surface area contributed by atoms with E-state index in [2.05, 4.69) is 17.1 Å². The van der Waals surface area contributed by atoms with Crippen LogP contribution in [-0.2, 0) is 0 Å². The van der Waals surface area contributed by atoms with E-state index in [-0.39, 0.29) is 5.78 Å². The number of hydrogen-bond acceptors (Lipinski definition) is 4. The topological polar surface area (TPSA) is 46.3 Å². The minimum Gasteiger partial charge on any atom is -0.359 e. The smallest absolute Gasteiger partial charge is 0.181 e. The molecule has 14 heavy (non-hydrogen) atoms. The molecule has 76 valence electrons. The first-order valence-corrected chi connectivity index (χ1v) is 4.86. The van der Waals surface area contributed by atoms with E-state index in [4.69, 9.17) is 4.52 Å². The van der Waals surface area contributed by atoms with Crippen LogP contribution in [-0.4, -0.2) is 29.4 Å². The summed E-state index contributed by atoms with van der Waals surface area (Å²) >= 11 is 0. The number of carbonyl (C=O) groups excluding carboxylic acids is 1. The van der Waals surface area contributed by atoms with Crippen molar-refractivity contribution in [2.45, 2.75) is 25.8 Å². The molecule has 1 fully saturated rings. The van der Waals surface area contributed by atoms with Crippen LogP contribution in [0.15, 0.2) is 10.6 Å². The molecule has 4 heteroatoms. The zero-order chi connectivity index (χ0) is 10.1. The van der Waals surface area contributed by atoms with E-state index in [0.29, 0.717) is 11.7 Å². The summed E-state index contributed by atoms with van der Waals surface area (Å²) in [5.74, 6) is 0.774. The number of carbonyl (C=O) groups is 1. The zero-order valence-corrected chi connectivity index (χ0v) is 8.49. The molecule has 2 heterocycles. The Morgan fingerprint density at radius 2 is 2.50 bits per heavy atom. The number of ketones is 1. The Morgan fingerprint density at radius 3 is 3.00 bits per heavy atom. The van der Waals surface area contributed by atoms with Gasteiger partial charge in [-0.15, -0.1) is 0 Å². The predicted octanol–water partition coefficient (Wildman–Crippen LogP) is 1.64. The molecule has 1 aliphatic heterocycles. The van der Waals surface area contributed by atoms with Crippen molar-refractivity contribution in [3.8, 4) is 0 Å². The first-order chi connectivity index (χ1) is 6.68. The fraction of sp³-hybridized carbons (Fsp3) is 0.600. The molecule has 2 rings (SSSR count). The van der Waals surface area contributed by atoms with Gasteiger partial charge in [-0.3, -0.25) is 9.69 Å². The van der Waals surface area contributed by atoms with E-state index >= 15 is 0 Å². The van der Waals surface area contributed by atoms with Crippen molar-refractivity contribution < 1.29 is 9.32 Å². The molecule has 0 radical (unpaired) electrons. The molecular weight excluding hydrogens is 180 g/mol. The molecule has 0 aromatic carbocycles. The summed E-state index contributed by atoms with van der Waals surface area (Å²) in [7, 11) is 2.06. The molecule has 4 nitrogen and oxygen atoms in total. The van der Waals surface area contributed by atoms with Crippen molar-refractivity contribution in [2.24, 2.45) is 0 Å². The lowest BCUT2D eigenvalue weighted by atomic mass is 10.1. The molecule has 0 saturated carbocycles. The van der Waals surface area contributed by atoms with Gasteiger partial charge in [0.2, 0.25) is 0 Å². The van der Waals surface area contributed by atoms with E-state index in [1.165, 1.54) is 13.3 Å². The van der Waals surface area contributed by atoms with Crippen molar-refractivity contribution >= 4 is 5.78 Å². The monoisotopic (exact) mass is 194 g/mol. The summed E-state index contributed by atoms with van der Waals surface area (Å²) in [4.78, 5) is 13.2. The fourth-order valence-electron chi connectivity index (χ4n) is 1.88. The summed E-state index contributed by atoms with van der Waals surface area (Å²) in [6.45, 7) is 2.58. The first-order valence-electron chi connectivity index (χ1n) is 4.86. The second-order valence-corrected chi connectivity index (χ2v) is 3.81. The van der Waals surface area contributed by atoms with Crippen molar-refractivity contribution in [3.63, 3.8) is 0 Å². The molecular formula is C10H14N2O2. The van der Waals surface area contributed by atoms with Crippen LogP contribution >= 0.6 is 0 Å². The average Bonchev–Trinajstić information content (AvgIpc) is 2.71. The van der Waals surface area contributed by atoms with Crippen LogP contribution in [0.25, 0.3) is 0 Å². The fourth-order valence-corrected chi connectivity index (χ4v) is 1.88. The Kier molecular flexibility index (Phi) is 2.37. The summed E-state index contributed by atoms with van der Waals surface area (Å²) in [6.07, 6.45) is 2.26. The molecule has 1 aromatic heterocycles. The quantitative estimate of drug-likeness (QED) is 0.671. The van der Waals surface area contributed by atoms with Crippen LogP contribution < -0.4 is 0 Å². The molecule has 0 amide bonds. The maximum Gasteiger partial charge on any atom is 0.181 e. The van der Waals surface area contributed by atoms with Crippen LogP contribution in [0.4, 0.5) is 0 Å².